The normalized spacial score (nSPS) is 13.4. The van der Waals surface area contributed by atoms with Crippen LogP contribution < -0.4 is 5.73 Å². The highest BCUT2D eigenvalue weighted by Gasteiger charge is 1.99. The summed E-state index contributed by atoms with van der Waals surface area (Å²) in [6.07, 6.45) is 2.18. The van der Waals surface area contributed by atoms with Crippen molar-refractivity contribution in [3.05, 3.63) is 20.8 Å². The third-order valence-corrected chi connectivity index (χ3v) is 3.16. The Morgan fingerprint density at radius 3 is 2.82 bits per heavy atom. The maximum absolute atomic E-state index is 5.64. The summed E-state index contributed by atoms with van der Waals surface area (Å²) in [5.74, 6) is 0. The molecule has 0 fully saturated rings. The number of hydrogen-bond donors (Lipinski definition) is 1. The second-order valence-electron chi connectivity index (χ2n) is 2.72. The number of thiophene rings is 1. The molecule has 0 aliphatic rings. The summed E-state index contributed by atoms with van der Waals surface area (Å²) in [6, 6.07) is 4.55. The molecule has 1 atom stereocenters. The predicted molar refractivity (Wildman–Crippen MR) is 54.0 cm³/mol. The van der Waals surface area contributed by atoms with Crippen LogP contribution in [0.3, 0.4) is 0 Å². The minimum Gasteiger partial charge on any atom is -0.328 e. The summed E-state index contributed by atoms with van der Waals surface area (Å²) in [4.78, 5) is 1.41. The van der Waals surface area contributed by atoms with E-state index in [0.29, 0.717) is 6.04 Å². The van der Waals surface area contributed by atoms with Gasteiger partial charge in [0.25, 0.3) is 0 Å². The average Bonchev–Trinajstić information content (AvgIpc) is 2.31. The fourth-order valence-corrected chi connectivity index (χ4v) is 2.35. The minimum atomic E-state index is 0.316. The summed E-state index contributed by atoms with van der Waals surface area (Å²) in [5, 5.41) is 0. The first-order chi connectivity index (χ1) is 5.18. The standard InChI is InChI=1S/C8H12BrNS/c1-6(10)2-3-7-4-5-8(9)11-7/h4-6H,2-3,10H2,1H3/t6-/m0/s1. The third kappa shape index (κ3) is 3.36. The minimum absolute atomic E-state index is 0.316. The predicted octanol–water partition coefficient (Wildman–Crippen LogP) is 2.79. The molecule has 1 rings (SSSR count). The van der Waals surface area contributed by atoms with Crippen LogP contribution in [0.25, 0.3) is 0 Å². The van der Waals surface area contributed by atoms with Gasteiger partial charge in [-0.15, -0.1) is 11.3 Å². The molecule has 1 nitrogen and oxygen atoms in total. The lowest BCUT2D eigenvalue weighted by Gasteiger charge is -2.01. The van der Waals surface area contributed by atoms with E-state index in [1.807, 2.05) is 6.92 Å². The monoisotopic (exact) mass is 233 g/mol. The summed E-state index contributed by atoms with van der Waals surface area (Å²) in [6.45, 7) is 2.04. The zero-order valence-corrected chi connectivity index (χ0v) is 8.91. The zero-order chi connectivity index (χ0) is 8.27. The van der Waals surface area contributed by atoms with Gasteiger partial charge in [-0.1, -0.05) is 0 Å². The van der Waals surface area contributed by atoms with Crippen molar-refractivity contribution >= 4 is 27.3 Å². The first-order valence-corrected chi connectivity index (χ1v) is 5.29. The highest BCUT2D eigenvalue weighted by Crippen LogP contribution is 2.23. The largest absolute Gasteiger partial charge is 0.328 e. The molecule has 3 heteroatoms. The number of halogens is 1. The molecule has 1 aromatic heterocycles. The van der Waals surface area contributed by atoms with Gasteiger partial charge in [-0.05, 0) is 47.8 Å². The molecule has 0 aromatic carbocycles. The van der Waals surface area contributed by atoms with E-state index in [1.54, 1.807) is 11.3 Å². The molecule has 0 saturated carbocycles. The van der Waals surface area contributed by atoms with Crippen LogP contribution >= 0.6 is 27.3 Å². The lowest BCUT2D eigenvalue weighted by molar-refractivity contribution is 0.670. The second-order valence-corrected chi connectivity index (χ2v) is 5.27. The van der Waals surface area contributed by atoms with Crippen LogP contribution in [0.1, 0.15) is 18.2 Å². The number of rotatable bonds is 3. The maximum Gasteiger partial charge on any atom is 0.0701 e. The van der Waals surface area contributed by atoms with Crippen LogP contribution in [0, 0.1) is 0 Å². The summed E-state index contributed by atoms with van der Waals surface area (Å²) >= 11 is 5.22. The first-order valence-electron chi connectivity index (χ1n) is 3.68. The van der Waals surface area contributed by atoms with Crippen LogP contribution in [-0.2, 0) is 6.42 Å². The van der Waals surface area contributed by atoms with Crippen molar-refractivity contribution in [2.45, 2.75) is 25.8 Å². The molecule has 0 saturated heterocycles. The molecule has 0 aliphatic heterocycles. The number of hydrogen-bond acceptors (Lipinski definition) is 2. The van der Waals surface area contributed by atoms with E-state index in [4.69, 9.17) is 5.73 Å². The van der Waals surface area contributed by atoms with Gasteiger partial charge in [-0.2, -0.15) is 0 Å². The van der Waals surface area contributed by atoms with E-state index >= 15 is 0 Å². The molecule has 11 heavy (non-hydrogen) atoms. The highest BCUT2D eigenvalue weighted by molar-refractivity contribution is 9.11. The molecule has 0 bridgehead atoms. The van der Waals surface area contributed by atoms with Crippen molar-refractivity contribution in [3.8, 4) is 0 Å². The smallest absolute Gasteiger partial charge is 0.0701 e. The average molecular weight is 234 g/mol. The van der Waals surface area contributed by atoms with Crippen LogP contribution in [0.4, 0.5) is 0 Å². The van der Waals surface area contributed by atoms with Crippen molar-refractivity contribution < 1.29 is 0 Å². The van der Waals surface area contributed by atoms with Gasteiger partial charge < -0.3 is 5.73 Å². The van der Waals surface area contributed by atoms with E-state index in [0.717, 1.165) is 12.8 Å². The molecule has 0 amide bonds. The lowest BCUT2D eigenvalue weighted by Crippen LogP contribution is -2.14. The Morgan fingerprint density at radius 1 is 1.64 bits per heavy atom. The zero-order valence-electron chi connectivity index (χ0n) is 6.51. The van der Waals surface area contributed by atoms with E-state index in [1.165, 1.54) is 8.66 Å². The van der Waals surface area contributed by atoms with Crippen LogP contribution in [0.2, 0.25) is 0 Å². The van der Waals surface area contributed by atoms with Crippen molar-refractivity contribution in [1.82, 2.24) is 0 Å². The Labute approximate surface area is 79.7 Å². The maximum atomic E-state index is 5.64. The van der Waals surface area contributed by atoms with Gasteiger partial charge in [0.15, 0.2) is 0 Å². The molecule has 62 valence electrons. The number of aryl methyl sites for hydroxylation is 1. The van der Waals surface area contributed by atoms with Crippen LogP contribution in [0.15, 0.2) is 15.9 Å². The van der Waals surface area contributed by atoms with Crippen molar-refractivity contribution in [3.63, 3.8) is 0 Å². The lowest BCUT2D eigenvalue weighted by atomic mass is 10.2. The summed E-state index contributed by atoms with van der Waals surface area (Å²) in [7, 11) is 0. The van der Waals surface area contributed by atoms with Gasteiger partial charge in [0.1, 0.15) is 0 Å². The van der Waals surface area contributed by atoms with Crippen molar-refractivity contribution in [1.29, 1.82) is 0 Å². The highest BCUT2D eigenvalue weighted by atomic mass is 79.9. The quantitative estimate of drug-likeness (QED) is 0.855. The van der Waals surface area contributed by atoms with Crippen molar-refractivity contribution in [2.75, 3.05) is 0 Å². The Morgan fingerprint density at radius 2 is 2.36 bits per heavy atom. The Hall–Kier alpha value is 0.140. The van der Waals surface area contributed by atoms with E-state index in [-0.39, 0.29) is 0 Å². The Kier molecular flexibility index (Phi) is 3.55. The molecule has 1 heterocycles. The molecule has 0 spiro atoms. The van der Waals surface area contributed by atoms with Gasteiger partial charge in [0.2, 0.25) is 0 Å². The fraction of sp³-hybridized carbons (Fsp3) is 0.500. The topological polar surface area (TPSA) is 26.0 Å². The van der Waals surface area contributed by atoms with Gasteiger partial charge in [-0.25, -0.2) is 0 Å². The molecule has 0 unspecified atom stereocenters. The van der Waals surface area contributed by atoms with Crippen molar-refractivity contribution in [2.24, 2.45) is 5.73 Å². The summed E-state index contributed by atoms with van der Waals surface area (Å²) < 4.78 is 1.21. The van der Waals surface area contributed by atoms with Crippen LogP contribution in [0.5, 0.6) is 0 Å². The molecule has 2 N–H and O–H groups in total. The van der Waals surface area contributed by atoms with E-state index in [2.05, 4.69) is 28.1 Å². The molecule has 0 aliphatic carbocycles. The van der Waals surface area contributed by atoms with Gasteiger partial charge in [0, 0.05) is 10.9 Å². The van der Waals surface area contributed by atoms with Gasteiger partial charge >= 0.3 is 0 Å². The Balaban J connectivity index is 2.39. The van der Waals surface area contributed by atoms with Gasteiger partial charge in [-0.3, -0.25) is 0 Å². The first kappa shape index (κ1) is 9.23. The third-order valence-electron chi connectivity index (χ3n) is 1.47. The molecule has 1 aromatic rings. The van der Waals surface area contributed by atoms with Crippen LogP contribution in [-0.4, -0.2) is 6.04 Å². The summed E-state index contributed by atoms with van der Waals surface area (Å²) in [5.41, 5.74) is 5.64. The molecular weight excluding hydrogens is 222 g/mol. The molecular formula is C8H12BrNS. The number of nitrogens with two attached hydrogens (primary N) is 1. The van der Waals surface area contributed by atoms with E-state index < -0.39 is 0 Å². The Bertz CT molecular complexity index is 220. The fourth-order valence-electron chi connectivity index (χ4n) is 0.856. The SMILES string of the molecule is C[C@H](N)CCc1ccc(Br)s1. The van der Waals surface area contributed by atoms with Gasteiger partial charge in [0.05, 0.1) is 3.79 Å². The second kappa shape index (κ2) is 4.24. The van der Waals surface area contributed by atoms with E-state index in [9.17, 15) is 0 Å². The molecule has 0 radical (unpaired) electrons.